The first kappa shape index (κ1) is 36.6. The Morgan fingerprint density at radius 1 is 0.907 bits per heavy atom. The van der Waals surface area contributed by atoms with E-state index in [1.54, 1.807) is 7.11 Å². The van der Waals surface area contributed by atoms with Crippen LogP contribution in [0.4, 0.5) is 11.8 Å². The Bertz CT molecular complexity index is 1020. The number of nitrogens with zero attached hydrogens (tertiary/aromatic N) is 3. The normalized spacial score (nSPS) is 12.2. The fourth-order valence-corrected chi connectivity index (χ4v) is 4.60. The lowest BCUT2D eigenvalue weighted by Crippen LogP contribution is -2.24. The minimum absolute atomic E-state index is 0.0235. The maximum atomic E-state index is 9.51. The van der Waals surface area contributed by atoms with Crippen LogP contribution in [0.1, 0.15) is 48.6 Å². The van der Waals surface area contributed by atoms with Crippen molar-refractivity contribution >= 4 is 11.8 Å². The lowest BCUT2D eigenvalue weighted by atomic mass is 10.0. The van der Waals surface area contributed by atoms with Gasteiger partial charge in [0.25, 0.3) is 0 Å². The molecule has 0 saturated carbocycles. The van der Waals surface area contributed by atoms with Gasteiger partial charge in [-0.1, -0.05) is 25.5 Å². The molecule has 0 amide bonds. The smallest absolute Gasteiger partial charge is 0.222 e. The van der Waals surface area contributed by atoms with Crippen LogP contribution in [0.25, 0.3) is 0 Å². The Hall–Kier alpha value is -2.58. The molecule has 1 aromatic carbocycles. The minimum Gasteiger partial charge on any atom is -0.496 e. The Labute approximate surface area is 256 Å². The number of anilines is 2. The molecule has 0 saturated heterocycles. The third kappa shape index (κ3) is 14.6. The van der Waals surface area contributed by atoms with Crippen molar-refractivity contribution in [2.75, 3.05) is 97.8 Å². The highest BCUT2D eigenvalue weighted by atomic mass is 16.6. The van der Waals surface area contributed by atoms with Gasteiger partial charge in [-0.25, -0.2) is 4.98 Å². The number of rotatable bonds is 25. The molecule has 1 aromatic heterocycles. The van der Waals surface area contributed by atoms with E-state index in [0.29, 0.717) is 71.5 Å². The van der Waals surface area contributed by atoms with Crippen LogP contribution in [-0.4, -0.2) is 118 Å². The van der Waals surface area contributed by atoms with Crippen molar-refractivity contribution in [1.29, 1.82) is 0 Å². The molecule has 0 aliphatic carbocycles. The molecule has 0 bridgehead atoms. The SMILES string of the molecule is CCCC(CCO)Nc1nc(N)nc(C)c1Cc1ccc(CN(C)CCOCCOCCOCCOCCO)cc1OC. The summed E-state index contributed by atoms with van der Waals surface area (Å²) >= 11 is 0. The van der Waals surface area contributed by atoms with Gasteiger partial charge in [-0.2, -0.15) is 4.98 Å². The molecular formula is C31H53N5O7. The highest BCUT2D eigenvalue weighted by Gasteiger charge is 2.17. The van der Waals surface area contributed by atoms with Gasteiger partial charge in [-0.15, -0.1) is 0 Å². The Morgan fingerprint density at radius 2 is 1.56 bits per heavy atom. The van der Waals surface area contributed by atoms with E-state index in [9.17, 15) is 5.11 Å². The standard InChI is InChI=1S/C31H53N5O7/c1-5-6-27(9-11-37)34-30-28(24(2)33-31(32)35-30)22-26-8-7-25(21-29(26)39-4)23-36(3)10-13-40-15-17-42-19-20-43-18-16-41-14-12-38/h7-8,21,27,37-38H,5-6,9-20,22-23H2,1-4H3,(H3,32,33,34,35). The Balaban J connectivity index is 1.82. The predicted molar refractivity (Wildman–Crippen MR) is 168 cm³/mol. The van der Waals surface area contributed by atoms with Crippen molar-refractivity contribution < 1.29 is 33.9 Å². The van der Waals surface area contributed by atoms with Crippen molar-refractivity contribution in [3.05, 3.63) is 40.6 Å². The molecule has 12 nitrogen and oxygen atoms in total. The Morgan fingerprint density at radius 3 is 2.16 bits per heavy atom. The van der Waals surface area contributed by atoms with Crippen LogP contribution in [0.5, 0.6) is 5.75 Å². The molecule has 12 heteroatoms. The van der Waals surface area contributed by atoms with Gasteiger partial charge in [0, 0.05) is 43.4 Å². The average Bonchev–Trinajstić information content (AvgIpc) is 2.98. The number of aromatic nitrogens is 2. The summed E-state index contributed by atoms with van der Waals surface area (Å²) in [6.45, 7) is 9.69. The molecule has 2 rings (SSSR count). The summed E-state index contributed by atoms with van der Waals surface area (Å²) < 4.78 is 27.5. The molecule has 5 N–H and O–H groups in total. The second-order valence-electron chi connectivity index (χ2n) is 10.4. The number of hydrogen-bond acceptors (Lipinski definition) is 12. The van der Waals surface area contributed by atoms with Gasteiger partial charge in [0.1, 0.15) is 11.6 Å². The summed E-state index contributed by atoms with van der Waals surface area (Å²) in [6.07, 6.45) is 3.15. The average molecular weight is 608 g/mol. The zero-order valence-corrected chi connectivity index (χ0v) is 26.5. The van der Waals surface area contributed by atoms with Gasteiger partial charge in [-0.3, -0.25) is 4.90 Å². The number of aliphatic hydroxyl groups is 2. The molecule has 1 heterocycles. The van der Waals surface area contributed by atoms with Crippen LogP contribution in [0, 0.1) is 6.92 Å². The quantitative estimate of drug-likeness (QED) is 0.123. The minimum atomic E-state index is 0.0235. The molecule has 0 spiro atoms. The first-order valence-electron chi connectivity index (χ1n) is 15.2. The van der Waals surface area contributed by atoms with Gasteiger partial charge < -0.3 is 44.9 Å². The van der Waals surface area contributed by atoms with Crippen molar-refractivity contribution in [2.24, 2.45) is 0 Å². The van der Waals surface area contributed by atoms with E-state index in [-0.39, 0.29) is 25.2 Å². The molecule has 0 aliphatic heterocycles. The molecule has 2 aromatic rings. The number of aryl methyl sites for hydroxylation is 1. The van der Waals surface area contributed by atoms with Crippen molar-refractivity contribution in [2.45, 2.75) is 52.1 Å². The van der Waals surface area contributed by atoms with Gasteiger partial charge in [-0.05, 0) is 44.0 Å². The highest BCUT2D eigenvalue weighted by Crippen LogP contribution is 2.28. The van der Waals surface area contributed by atoms with Crippen LogP contribution in [0.15, 0.2) is 18.2 Å². The fourth-order valence-electron chi connectivity index (χ4n) is 4.60. The van der Waals surface area contributed by atoms with E-state index in [0.717, 1.165) is 54.1 Å². The second kappa shape index (κ2) is 22.0. The molecule has 43 heavy (non-hydrogen) atoms. The maximum Gasteiger partial charge on any atom is 0.222 e. The van der Waals surface area contributed by atoms with Crippen LogP contribution >= 0.6 is 0 Å². The molecule has 0 aliphatic rings. The number of nitrogens with two attached hydrogens (primary N) is 1. The molecule has 1 atom stereocenters. The van der Waals surface area contributed by atoms with Crippen molar-refractivity contribution in [1.82, 2.24) is 14.9 Å². The Kier molecular flexibility index (Phi) is 18.7. The lowest BCUT2D eigenvalue weighted by Gasteiger charge is -2.22. The number of hydrogen-bond donors (Lipinski definition) is 4. The third-order valence-corrected chi connectivity index (χ3v) is 6.83. The van der Waals surface area contributed by atoms with Crippen molar-refractivity contribution in [3.8, 4) is 5.75 Å². The second-order valence-corrected chi connectivity index (χ2v) is 10.4. The van der Waals surface area contributed by atoms with Gasteiger partial charge in [0.15, 0.2) is 0 Å². The number of likely N-dealkylation sites (N-methyl/N-ethyl adjacent to an activating group) is 1. The summed E-state index contributed by atoms with van der Waals surface area (Å²) in [5.74, 6) is 1.75. The fraction of sp³-hybridized carbons (Fsp3) is 0.677. The molecule has 0 fully saturated rings. The molecular weight excluding hydrogens is 554 g/mol. The van der Waals surface area contributed by atoms with E-state index in [4.69, 9.17) is 34.5 Å². The van der Waals surface area contributed by atoms with E-state index < -0.39 is 0 Å². The summed E-state index contributed by atoms with van der Waals surface area (Å²) in [4.78, 5) is 11.1. The number of benzene rings is 1. The third-order valence-electron chi connectivity index (χ3n) is 6.83. The van der Waals surface area contributed by atoms with Crippen LogP contribution in [0.3, 0.4) is 0 Å². The molecule has 0 radical (unpaired) electrons. The van der Waals surface area contributed by atoms with Crippen molar-refractivity contribution in [3.63, 3.8) is 0 Å². The maximum absolute atomic E-state index is 9.51. The summed E-state index contributed by atoms with van der Waals surface area (Å²) in [7, 11) is 3.75. The first-order valence-corrected chi connectivity index (χ1v) is 15.2. The van der Waals surface area contributed by atoms with E-state index in [1.807, 2.05) is 6.92 Å². The van der Waals surface area contributed by atoms with E-state index in [2.05, 4.69) is 52.4 Å². The zero-order valence-electron chi connectivity index (χ0n) is 26.5. The zero-order chi connectivity index (χ0) is 31.3. The number of nitrogens with one attached hydrogen (secondary N) is 1. The van der Waals surface area contributed by atoms with Crippen LogP contribution in [-0.2, 0) is 31.9 Å². The number of methoxy groups -OCH3 is 1. The number of ether oxygens (including phenoxy) is 5. The lowest BCUT2D eigenvalue weighted by molar-refractivity contribution is -0.00687. The largest absolute Gasteiger partial charge is 0.496 e. The summed E-state index contributed by atoms with van der Waals surface area (Å²) in [5, 5.41) is 21.7. The van der Waals surface area contributed by atoms with Gasteiger partial charge in [0.05, 0.1) is 66.6 Å². The highest BCUT2D eigenvalue weighted by molar-refractivity contribution is 5.53. The van der Waals surface area contributed by atoms with Gasteiger partial charge in [0.2, 0.25) is 5.95 Å². The monoisotopic (exact) mass is 607 g/mol. The molecule has 244 valence electrons. The summed E-state index contributed by atoms with van der Waals surface area (Å²) in [6, 6.07) is 6.40. The first-order chi connectivity index (χ1) is 20.9. The van der Waals surface area contributed by atoms with E-state index in [1.165, 1.54) is 0 Å². The van der Waals surface area contributed by atoms with Crippen LogP contribution < -0.4 is 15.8 Å². The van der Waals surface area contributed by atoms with Crippen LogP contribution in [0.2, 0.25) is 0 Å². The number of aliphatic hydroxyl groups excluding tert-OH is 2. The topological polar surface area (TPSA) is 154 Å². The summed E-state index contributed by atoms with van der Waals surface area (Å²) in [5.41, 5.74) is 9.96. The molecule has 1 unspecified atom stereocenters. The number of nitrogen functional groups attached to an aromatic ring is 1. The van der Waals surface area contributed by atoms with Gasteiger partial charge >= 0.3 is 0 Å². The van der Waals surface area contributed by atoms with E-state index >= 15 is 0 Å². The predicted octanol–water partition coefficient (Wildman–Crippen LogP) is 2.42.